The highest BCUT2D eigenvalue weighted by molar-refractivity contribution is 8.03. The van der Waals surface area contributed by atoms with Crippen molar-refractivity contribution < 1.29 is 14.3 Å². The Kier molecular flexibility index (Phi) is 7.08. The Bertz CT molecular complexity index is 704. The Labute approximate surface area is 152 Å². The molecule has 0 spiro atoms. The average molecular weight is 358 g/mol. The number of carbonyl (C=O) groups excluding carboxylic acids is 2. The summed E-state index contributed by atoms with van der Waals surface area (Å²) in [5, 5.41) is 12.8. The molecule has 1 aliphatic heterocycles. The van der Waals surface area contributed by atoms with E-state index in [0.717, 1.165) is 35.7 Å². The third-order valence-electron chi connectivity index (χ3n) is 3.93. The zero-order valence-corrected chi connectivity index (χ0v) is 15.3. The Morgan fingerprint density at radius 1 is 1.40 bits per heavy atom. The van der Waals surface area contributed by atoms with Crippen molar-refractivity contribution in [3.05, 3.63) is 46.0 Å². The minimum atomic E-state index is -0.338. The number of allylic oxidation sites excluding steroid dienone is 1. The molecular weight excluding hydrogens is 336 g/mol. The van der Waals surface area contributed by atoms with Gasteiger partial charge in [-0.3, -0.25) is 9.59 Å². The molecule has 0 bridgehead atoms. The van der Waals surface area contributed by atoms with E-state index in [1.807, 2.05) is 38.1 Å². The van der Waals surface area contributed by atoms with Crippen LogP contribution in [0.15, 0.2) is 34.9 Å². The van der Waals surface area contributed by atoms with Crippen molar-refractivity contribution >= 4 is 23.6 Å². The van der Waals surface area contributed by atoms with Gasteiger partial charge in [0.15, 0.2) is 0 Å². The normalized spacial score (nSPS) is 17.0. The number of unbranched alkanes of at least 4 members (excludes halogenated alkanes) is 1. The molecule has 0 unspecified atom stereocenters. The maximum Gasteiger partial charge on any atom is 0.316 e. The molecule has 1 atom stereocenters. The largest absolute Gasteiger partial charge is 0.465 e. The Morgan fingerprint density at radius 3 is 2.76 bits per heavy atom. The van der Waals surface area contributed by atoms with Gasteiger partial charge in [-0.15, -0.1) is 0 Å². The van der Waals surface area contributed by atoms with Crippen LogP contribution in [0.2, 0.25) is 0 Å². The van der Waals surface area contributed by atoms with E-state index in [0.29, 0.717) is 17.2 Å². The van der Waals surface area contributed by atoms with Crippen LogP contribution in [0.4, 0.5) is 0 Å². The molecule has 5 nitrogen and oxygen atoms in total. The highest BCUT2D eigenvalue weighted by Gasteiger charge is 2.29. The quantitative estimate of drug-likeness (QED) is 0.597. The molecule has 0 saturated heterocycles. The first-order chi connectivity index (χ1) is 12.0. The number of thioether (sulfide) groups is 1. The molecule has 1 heterocycles. The molecular formula is C19H22N2O3S. The summed E-state index contributed by atoms with van der Waals surface area (Å²) in [7, 11) is 0. The van der Waals surface area contributed by atoms with Crippen LogP contribution in [-0.2, 0) is 14.3 Å². The lowest BCUT2D eigenvalue weighted by molar-refractivity contribution is -0.140. The summed E-state index contributed by atoms with van der Waals surface area (Å²) in [6.45, 7) is 4.41. The van der Waals surface area contributed by atoms with Crippen LogP contribution in [-0.4, -0.2) is 24.2 Å². The zero-order chi connectivity index (χ0) is 18.2. The summed E-state index contributed by atoms with van der Waals surface area (Å²) >= 11 is 1.15. The number of rotatable bonds is 7. The molecule has 0 fully saturated rings. The maximum atomic E-state index is 12.1. The molecule has 1 aromatic carbocycles. The maximum absolute atomic E-state index is 12.1. The minimum absolute atomic E-state index is 0.0745. The van der Waals surface area contributed by atoms with Crippen LogP contribution < -0.4 is 5.32 Å². The van der Waals surface area contributed by atoms with Crippen LogP contribution in [0.1, 0.15) is 43.2 Å². The SMILES string of the molecule is CCCCOC(=O)CSC1=C(C#N)[C@H](c2ccc(C)cc2)CC(=O)N1. The Balaban J connectivity index is 2.13. The molecule has 25 heavy (non-hydrogen) atoms. The van der Waals surface area contributed by atoms with E-state index >= 15 is 0 Å². The number of carbonyl (C=O) groups is 2. The monoisotopic (exact) mass is 358 g/mol. The van der Waals surface area contributed by atoms with E-state index in [-0.39, 0.29) is 30.0 Å². The van der Waals surface area contributed by atoms with Crippen molar-refractivity contribution in [1.82, 2.24) is 5.32 Å². The van der Waals surface area contributed by atoms with Crippen LogP contribution >= 0.6 is 11.8 Å². The topological polar surface area (TPSA) is 79.2 Å². The lowest BCUT2D eigenvalue weighted by Gasteiger charge is -2.25. The molecule has 0 aliphatic carbocycles. The number of hydrogen-bond donors (Lipinski definition) is 1. The van der Waals surface area contributed by atoms with Gasteiger partial charge in [-0.25, -0.2) is 0 Å². The van der Waals surface area contributed by atoms with Gasteiger partial charge in [0.2, 0.25) is 5.91 Å². The summed E-state index contributed by atoms with van der Waals surface area (Å²) in [6.07, 6.45) is 2.02. The van der Waals surface area contributed by atoms with E-state index in [1.54, 1.807) is 0 Å². The lowest BCUT2D eigenvalue weighted by atomic mass is 9.87. The standard InChI is InChI=1S/C19H22N2O3S/c1-3-4-9-24-18(23)12-25-19-16(11-20)15(10-17(22)21-19)14-7-5-13(2)6-8-14/h5-8,15H,3-4,9-10,12H2,1-2H3,(H,21,22)/t15-/m0/s1. The molecule has 0 saturated carbocycles. The number of ether oxygens (including phenoxy) is 1. The fourth-order valence-electron chi connectivity index (χ4n) is 2.52. The number of esters is 1. The van der Waals surface area contributed by atoms with Crippen molar-refractivity contribution in [3.8, 4) is 6.07 Å². The molecule has 132 valence electrons. The highest BCUT2D eigenvalue weighted by Crippen LogP contribution is 2.35. The molecule has 1 aliphatic rings. The molecule has 0 radical (unpaired) electrons. The van der Waals surface area contributed by atoms with Gasteiger partial charge in [-0.1, -0.05) is 54.9 Å². The number of aryl methyl sites for hydroxylation is 1. The van der Waals surface area contributed by atoms with Gasteiger partial charge in [-0.2, -0.15) is 5.26 Å². The molecule has 1 amide bonds. The lowest BCUT2D eigenvalue weighted by Crippen LogP contribution is -2.31. The molecule has 6 heteroatoms. The van der Waals surface area contributed by atoms with Crippen molar-refractivity contribution in [1.29, 1.82) is 5.26 Å². The van der Waals surface area contributed by atoms with E-state index < -0.39 is 0 Å². The van der Waals surface area contributed by atoms with Gasteiger partial charge < -0.3 is 10.1 Å². The number of nitrogens with one attached hydrogen (secondary N) is 1. The minimum Gasteiger partial charge on any atom is -0.465 e. The third kappa shape index (κ3) is 5.36. The van der Waals surface area contributed by atoms with Gasteiger partial charge >= 0.3 is 5.97 Å². The number of nitriles is 1. The van der Waals surface area contributed by atoms with Gasteiger partial charge in [0.25, 0.3) is 0 Å². The van der Waals surface area contributed by atoms with Crippen molar-refractivity contribution in [2.75, 3.05) is 12.4 Å². The zero-order valence-electron chi connectivity index (χ0n) is 14.5. The molecule has 1 N–H and O–H groups in total. The van der Waals surface area contributed by atoms with Crippen LogP contribution in [0, 0.1) is 18.3 Å². The van der Waals surface area contributed by atoms with Gasteiger partial charge in [0, 0.05) is 12.3 Å². The third-order valence-corrected chi connectivity index (χ3v) is 4.92. The number of hydrogen-bond acceptors (Lipinski definition) is 5. The average Bonchev–Trinajstić information content (AvgIpc) is 2.60. The smallest absolute Gasteiger partial charge is 0.316 e. The Morgan fingerprint density at radius 2 is 2.12 bits per heavy atom. The van der Waals surface area contributed by atoms with E-state index in [1.165, 1.54) is 0 Å². The first-order valence-electron chi connectivity index (χ1n) is 8.34. The number of nitrogens with zero attached hydrogens (tertiary/aromatic N) is 1. The highest BCUT2D eigenvalue weighted by atomic mass is 32.2. The molecule has 1 aromatic rings. The summed E-state index contributed by atoms with van der Waals surface area (Å²) in [6, 6.07) is 10.0. The van der Waals surface area contributed by atoms with Crippen LogP contribution in [0.5, 0.6) is 0 Å². The second-order valence-corrected chi connectivity index (χ2v) is 6.92. The molecule has 2 rings (SSSR count). The number of benzene rings is 1. The van der Waals surface area contributed by atoms with Gasteiger partial charge in [0.1, 0.15) is 0 Å². The summed E-state index contributed by atoms with van der Waals surface area (Å²) in [4.78, 5) is 23.8. The van der Waals surface area contributed by atoms with Gasteiger partial charge in [0.05, 0.1) is 29.0 Å². The van der Waals surface area contributed by atoms with E-state index in [4.69, 9.17) is 4.74 Å². The van der Waals surface area contributed by atoms with Crippen LogP contribution in [0.25, 0.3) is 0 Å². The second-order valence-electron chi connectivity index (χ2n) is 5.93. The fourth-order valence-corrected chi connectivity index (χ4v) is 3.39. The number of amides is 1. The summed E-state index contributed by atoms with van der Waals surface area (Å²) in [5.74, 6) is -0.690. The fraction of sp³-hybridized carbons (Fsp3) is 0.421. The Hall–Kier alpha value is -2.26. The van der Waals surface area contributed by atoms with Gasteiger partial charge in [-0.05, 0) is 18.9 Å². The first-order valence-corrected chi connectivity index (χ1v) is 9.32. The predicted molar refractivity (Wildman–Crippen MR) is 97.6 cm³/mol. The first kappa shape index (κ1) is 19.1. The predicted octanol–water partition coefficient (Wildman–Crippen LogP) is 3.41. The summed E-state index contributed by atoms with van der Waals surface area (Å²) in [5.41, 5.74) is 2.55. The van der Waals surface area contributed by atoms with Crippen molar-refractivity contribution in [2.45, 2.75) is 39.0 Å². The molecule has 0 aromatic heterocycles. The van der Waals surface area contributed by atoms with E-state index in [9.17, 15) is 14.9 Å². The van der Waals surface area contributed by atoms with Crippen molar-refractivity contribution in [2.24, 2.45) is 0 Å². The van der Waals surface area contributed by atoms with Crippen molar-refractivity contribution in [3.63, 3.8) is 0 Å². The van der Waals surface area contributed by atoms with E-state index in [2.05, 4.69) is 11.4 Å². The van der Waals surface area contributed by atoms with Crippen LogP contribution in [0.3, 0.4) is 0 Å². The second kappa shape index (κ2) is 9.28. The summed E-state index contributed by atoms with van der Waals surface area (Å²) < 4.78 is 5.12.